The van der Waals surface area contributed by atoms with E-state index in [4.69, 9.17) is 38.9 Å². The van der Waals surface area contributed by atoms with Crippen LogP contribution in [0, 0.1) is 11.3 Å². The smallest absolute Gasteiger partial charge is 0.303 e. The first-order valence-electron chi connectivity index (χ1n) is 16.1. The third-order valence-electron chi connectivity index (χ3n) is 8.10. The van der Waals surface area contributed by atoms with Crippen molar-refractivity contribution < 1.29 is 52.3 Å². The number of ether oxygens (including phenoxy) is 7. The minimum atomic E-state index is -1.37. The number of esters is 4. The molecule has 1 saturated heterocycles. The van der Waals surface area contributed by atoms with E-state index in [9.17, 15) is 24.4 Å². The van der Waals surface area contributed by atoms with E-state index in [2.05, 4.69) is 16.4 Å². The van der Waals surface area contributed by atoms with Gasteiger partial charge in [-0.05, 0) is 23.8 Å². The van der Waals surface area contributed by atoms with E-state index in [0.29, 0.717) is 17.2 Å². The number of aromatic nitrogens is 3. The maximum Gasteiger partial charge on any atom is 0.303 e. The minimum Gasteiger partial charge on any atom is -0.487 e. The highest BCUT2D eigenvalue weighted by Crippen LogP contribution is 2.44. The Hall–Kier alpha value is -6.15. The predicted octanol–water partition coefficient (Wildman–Crippen LogP) is 2.40. The molecule has 2 aliphatic heterocycles. The zero-order valence-electron chi connectivity index (χ0n) is 29.3. The van der Waals surface area contributed by atoms with Crippen LogP contribution < -0.4 is 20.1 Å². The van der Waals surface area contributed by atoms with Gasteiger partial charge in [0.05, 0.1) is 12.1 Å². The molecular weight excluding hydrogens is 680 g/mol. The van der Waals surface area contributed by atoms with Crippen LogP contribution in [-0.4, -0.2) is 84.0 Å². The van der Waals surface area contributed by atoms with Crippen molar-refractivity contribution in [2.24, 2.45) is 5.73 Å². The Bertz CT molecular complexity index is 1900. The molecule has 3 heterocycles. The van der Waals surface area contributed by atoms with Crippen molar-refractivity contribution in [3.63, 3.8) is 0 Å². The Kier molecular flexibility index (Phi) is 11.3. The fraction of sp³-hybridized carbons (Fsp3) is 0.400. The van der Waals surface area contributed by atoms with Gasteiger partial charge in [0.1, 0.15) is 48.2 Å². The third-order valence-corrected chi connectivity index (χ3v) is 8.10. The molecule has 2 aliphatic rings. The highest BCUT2D eigenvalue weighted by Gasteiger charge is 2.53. The van der Waals surface area contributed by atoms with Crippen molar-refractivity contribution in [2.75, 3.05) is 25.6 Å². The quantitative estimate of drug-likeness (QED) is 0.222. The third kappa shape index (κ3) is 8.41. The molecule has 17 nitrogen and oxygen atoms in total. The van der Waals surface area contributed by atoms with Crippen molar-refractivity contribution in [1.82, 2.24) is 15.0 Å². The van der Waals surface area contributed by atoms with Gasteiger partial charge in [0, 0.05) is 59.1 Å². The molecule has 0 saturated carbocycles. The number of nitriles is 1. The number of anilines is 1. The second-order valence-corrected chi connectivity index (χ2v) is 12.2. The van der Waals surface area contributed by atoms with Crippen LogP contribution in [0.2, 0.25) is 0 Å². The molecule has 6 atom stereocenters. The first-order chi connectivity index (χ1) is 24.7. The number of hydrogen-bond donors (Lipinski definition) is 1. The molecule has 274 valence electrons. The van der Waals surface area contributed by atoms with Gasteiger partial charge in [-0.15, -0.1) is 5.10 Å². The maximum atomic E-state index is 12.2. The fourth-order valence-corrected chi connectivity index (χ4v) is 5.91. The lowest BCUT2D eigenvalue weighted by Crippen LogP contribution is -2.60. The molecule has 5 rings (SSSR count). The number of benzene rings is 2. The number of rotatable bonds is 11. The molecule has 3 aromatic rings. The standard InChI is InChI=1S/C35H38N6O11/c1-18(42)46-17-29-31(48-19(2)43)32(49-20(3)44)33(50-21(4)45)35(52-29)41-15-23(38-39-41)16-47-25-11-12-26-28(13-25)51-34(37)27(14-36)30(26)22-7-9-24(10-8-22)40(5)6/h7-13,15,29-33,35H,16-17,37H2,1-6H3/t29-,30?,31-,32+,33-,35-/m1/s1. The minimum absolute atomic E-state index is 0.0124. The van der Waals surface area contributed by atoms with Crippen LogP contribution in [0.5, 0.6) is 11.5 Å². The van der Waals surface area contributed by atoms with Crippen LogP contribution in [0.4, 0.5) is 5.69 Å². The number of carbonyl (C=O) groups is 4. The number of hydrogen-bond acceptors (Lipinski definition) is 16. The molecule has 0 spiro atoms. The summed E-state index contributed by atoms with van der Waals surface area (Å²) in [7, 11) is 3.88. The Labute approximate surface area is 298 Å². The zero-order chi connectivity index (χ0) is 37.7. The second-order valence-electron chi connectivity index (χ2n) is 12.2. The summed E-state index contributed by atoms with van der Waals surface area (Å²) in [6, 6.07) is 15.2. The van der Waals surface area contributed by atoms with Gasteiger partial charge in [0.25, 0.3) is 0 Å². The monoisotopic (exact) mass is 718 g/mol. The Balaban J connectivity index is 1.38. The average molecular weight is 719 g/mol. The molecule has 52 heavy (non-hydrogen) atoms. The Morgan fingerprint density at radius 1 is 0.923 bits per heavy atom. The van der Waals surface area contributed by atoms with Crippen LogP contribution in [0.1, 0.15) is 56.7 Å². The molecule has 0 bridgehead atoms. The number of carbonyl (C=O) groups excluding carboxylic acids is 4. The Morgan fingerprint density at radius 3 is 2.19 bits per heavy atom. The highest BCUT2D eigenvalue weighted by molar-refractivity contribution is 5.69. The van der Waals surface area contributed by atoms with Crippen LogP contribution >= 0.6 is 0 Å². The van der Waals surface area contributed by atoms with Gasteiger partial charge >= 0.3 is 23.9 Å². The van der Waals surface area contributed by atoms with Gasteiger partial charge in [-0.2, -0.15) is 5.26 Å². The fourth-order valence-electron chi connectivity index (χ4n) is 5.91. The van der Waals surface area contributed by atoms with E-state index in [-0.39, 0.29) is 18.1 Å². The summed E-state index contributed by atoms with van der Waals surface area (Å²) in [6.45, 7) is 4.11. The van der Waals surface area contributed by atoms with Crippen LogP contribution in [0.15, 0.2) is 60.1 Å². The number of nitrogens with two attached hydrogens (primary N) is 1. The molecule has 2 aromatic carbocycles. The maximum absolute atomic E-state index is 12.2. The molecule has 1 fully saturated rings. The number of nitrogens with zero attached hydrogens (tertiary/aromatic N) is 5. The van der Waals surface area contributed by atoms with Crippen molar-refractivity contribution >= 4 is 29.6 Å². The van der Waals surface area contributed by atoms with E-state index in [1.165, 1.54) is 17.8 Å². The van der Waals surface area contributed by atoms with Crippen LogP contribution in [0.3, 0.4) is 0 Å². The lowest BCUT2D eigenvalue weighted by molar-refractivity contribution is -0.270. The topological polar surface area (TPSA) is 217 Å². The van der Waals surface area contributed by atoms with Crippen molar-refractivity contribution in [2.45, 2.75) is 70.9 Å². The zero-order valence-corrected chi connectivity index (χ0v) is 29.3. The first kappa shape index (κ1) is 37.1. The van der Waals surface area contributed by atoms with E-state index in [1.54, 1.807) is 18.2 Å². The Morgan fingerprint density at radius 2 is 1.58 bits per heavy atom. The lowest BCUT2D eigenvalue weighted by Gasteiger charge is -2.44. The van der Waals surface area contributed by atoms with Crippen molar-refractivity contribution in [1.29, 1.82) is 5.26 Å². The summed E-state index contributed by atoms with van der Waals surface area (Å²) in [4.78, 5) is 50.0. The molecule has 0 aliphatic carbocycles. The molecule has 1 unspecified atom stereocenters. The van der Waals surface area contributed by atoms with E-state index in [0.717, 1.165) is 37.6 Å². The largest absolute Gasteiger partial charge is 0.487 e. The average Bonchev–Trinajstić information content (AvgIpc) is 3.56. The second kappa shape index (κ2) is 15.8. The predicted molar refractivity (Wildman–Crippen MR) is 178 cm³/mol. The highest BCUT2D eigenvalue weighted by atomic mass is 16.7. The molecule has 2 N–H and O–H groups in total. The van der Waals surface area contributed by atoms with Crippen LogP contribution in [-0.2, 0) is 49.5 Å². The molecule has 1 aromatic heterocycles. The summed E-state index contributed by atoms with van der Waals surface area (Å²) in [5.74, 6) is -2.56. The molecular formula is C35H38N6O11. The summed E-state index contributed by atoms with van der Waals surface area (Å²) >= 11 is 0. The summed E-state index contributed by atoms with van der Waals surface area (Å²) in [5.41, 5.74) is 9.39. The summed E-state index contributed by atoms with van der Waals surface area (Å²) in [6.07, 6.45) is -5.02. The summed E-state index contributed by atoms with van der Waals surface area (Å²) in [5, 5.41) is 18.2. The van der Waals surface area contributed by atoms with Gasteiger partial charge in [-0.3, -0.25) is 19.2 Å². The molecule has 0 amide bonds. The van der Waals surface area contributed by atoms with Gasteiger partial charge in [0.15, 0.2) is 24.5 Å². The van der Waals surface area contributed by atoms with Crippen molar-refractivity contribution in [3.05, 3.63) is 76.9 Å². The first-order valence-corrected chi connectivity index (χ1v) is 16.1. The van der Waals surface area contributed by atoms with Gasteiger partial charge < -0.3 is 43.8 Å². The number of fused-ring (bicyclic) bond motifs is 1. The summed E-state index contributed by atoms with van der Waals surface area (Å²) < 4.78 is 40.8. The van der Waals surface area contributed by atoms with E-state index < -0.39 is 67.0 Å². The van der Waals surface area contributed by atoms with Crippen LogP contribution in [0.25, 0.3) is 0 Å². The van der Waals surface area contributed by atoms with Gasteiger partial charge in [-0.1, -0.05) is 23.4 Å². The van der Waals surface area contributed by atoms with E-state index in [1.807, 2.05) is 43.3 Å². The lowest BCUT2D eigenvalue weighted by atomic mass is 9.83. The molecule has 0 radical (unpaired) electrons. The SMILES string of the molecule is CC(=O)OC[C@H]1O[C@@H](n2cc(COc3ccc4c(c3)OC(N)=C(C#N)C4c3ccc(N(C)C)cc3)nn2)[C@H](OC(C)=O)[C@@H](OC(C)=O)[C@@H]1OC(C)=O. The van der Waals surface area contributed by atoms with E-state index >= 15 is 0 Å². The van der Waals surface area contributed by atoms with Gasteiger partial charge in [-0.25, -0.2) is 4.68 Å². The normalized spacial score (nSPS) is 22.2. The number of allylic oxidation sites excluding steroid dienone is 1. The molecule has 17 heteroatoms. The van der Waals surface area contributed by atoms with Gasteiger partial charge in [0.2, 0.25) is 5.88 Å². The van der Waals surface area contributed by atoms with Crippen molar-refractivity contribution in [3.8, 4) is 17.6 Å².